The molecule has 98 valence electrons. The molecule has 3 N–H and O–H groups in total. The van der Waals surface area contributed by atoms with E-state index in [2.05, 4.69) is 5.32 Å². The zero-order chi connectivity index (χ0) is 13.5. The fourth-order valence-corrected chi connectivity index (χ4v) is 1.18. The van der Waals surface area contributed by atoms with Crippen LogP contribution in [-0.4, -0.2) is 25.0 Å². The van der Waals surface area contributed by atoms with Crippen molar-refractivity contribution >= 4 is 17.6 Å². The number of ether oxygens (including phenoxy) is 1. The number of nitrogens with two attached hydrogens (primary N) is 1. The van der Waals surface area contributed by atoms with E-state index in [9.17, 15) is 14.0 Å². The molecular weight excluding hydrogens is 239 g/mol. The van der Waals surface area contributed by atoms with Gasteiger partial charge in [-0.05, 0) is 24.6 Å². The number of benzene rings is 1. The summed E-state index contributed by atoms with van der Waals surface area (Å²) in [5, 5.41) is 2.55. The van der Waals surface area contributed by atoms with Crippen molar-refractivity contribution in [1.29, 1.82) is 0 Å². The highest BCUT2D eigenvalue weighted by Crippen LogP contribution is 2.12. The molecule has 0 aliphatic carbocycles. The van der Waals surface area contributed by atoms with Gasteiger partial charge in [-0.3, -0.25) is 4.79 Å². The molecule has 0 spiro atoms. The second-order valence-electron chi connectivity index (χ2n) is 3.66. The van der Waals surface area contributed by atoms with Gasteiger partial charge in [0.05, 0.1) is 11.3 Å². The first-order valence-corrected chi connectivity index (χ1v) is 5.53. The van der Waals surface area contributed by atoms with E-state index < -0.39 is 11.8 Å². The van der Waals surface area contributed by atoms with Crippen LogP contribution in [0.5, 0.6) is 0 Å². The molecule has 1 aromatic rings. The number of esters is 1. The van der Waals surface area contributed by atoms with Crippen LogP contribution in [0.1, 0.15) is 23.7 Å². The second-order valence-corrected chi connectivity index (χ2v) is 3.66. The van der Waals surface area contributed by atoms with Crippen molar-refractivity contribution in [2.45, 2.75) is 13.3 Å². The molecule has 0 heterocycles. The van der Waals surface area contributed by atoms with E-state index in [-0.39, 0.29) is 23.8 Å². The molecule has 1 rings (SSSR count). The fourth-order valence-electron chi connectivity index (χ4n) is 1.18. The number of rotatable bonds is 5. The number of nitrogens with one attached hydrogen (secondary N) is 1. The number of amides is 1. The fraction of sp³-hybridized carbons (Fsp3) is 0.333. The van der Waals surface area contributed by atoms with Crippen LogP contribution in [-0.2, 0) is 9.53 Å². The van der Waals surface area contributed by atoms with E-state index in [0.717, 1.165) is 12.5 Å². The Morgan fingerprint density at radius 3 is 2.78 bits per heavy atom. The molecule has 0 unspecified atom stereocenters. The van der Waals surface area contributed by atoms with Crippen LogP contribution in [0, 0.1) is 5.82 Å². The van der Waals surface area contributed by atoms with Gasteiger partial charge >= 0.3 is 5.97 Å². The standard InChI is InChI=1S/C12H15FN2O3/c1-2-5-15-11(16)7-18-12(17)8-3-4-10(14)9(13)6-8/h3-4,6H,2,5,7,14H2,1H3,(H,15,16). The van der Waals surface area contributed by atoms with E-state index >= 15 is 0 Å². The average Bonchev–Trinajstić information content (AvgIpc) is 2.36. The molecule has 0 aliphatic rings. The Kier molecular flexibility index (Phi) is 5.10. The molecule has 0 fully saturated rings. The topological polar surface area (TPSA) is 81.4 Å². The zero-order valence-electron chi connectivity index (χ0n) is 10.0. The summed E-state index contributed by atoms with van der Waals surface area (Å²) in [6.07, 6.45) is 0.795. The monoisotopic (exact) mass is 254 g/mol. The van der Waals surface area contributed by atoms with Gasteiger partial charge in [0.2, 0.25) is 0 Å². The Balaban J connectivity index is 2.50. The molecule has 0 aromatic heterocycles. The van der Waals surface area contributed by atoms with Crippen LogP contribution in [0.3, 0.4) is 0 Å². The van der Waals surface area contributed by atoms with Gasteiger partial charge in [0.1, 0.15) is 5.82 Å². The lowest BCUT2D eigenvalue weighted by atomic mass is 10.2. The summed E-state index contributed by atoms with van der Waals surface area (Å²) in [6, 6.07) is 3.58. The predicted octanol–water partition coefficient (Wildman–Crippen LogP) is 1.09. The summed E-state index contributed by atoms with van der Waals surface area (Å²) in [6.45, 7) is 2.04. The van der Waals surface area contributed by atoms with E-state index in [4.69, 9.17) is 10.5 Å². The van der Waals surface area contributed by atoms with E-state index in [1.807, 2.05) is 6.92 Å². The summed E-state index contributed by atoms with van der Waals surface area (Å²) < 4.78 is 17.8. The van der Waals surface area contributed by atoms with Crippen LogP contribution in [0.25, 0.3) is 0 Å². The highest BCUT2D eigenvalue weighted by Gasteiger charge is 2.11. The van der Waals surface area contributed by atoms with Crippen LogP contribution in [0.4, 0.5) is 10.1 Å². The number of hydrogen-bond donors (Lipinski definition) is 2. The van der Waals surface area contributed by atoms with Crippen molar-refractivity contribution in [2.24, 2.45) is 0 Å². The largest absolute Gasteiger partial charge is 0.452 e. The number of carbonyl (C=O) groups excluding carboxylic acids is 2. The number of halogens is 1. The van der Waals surface area contributed by atoms with Crippen molar-refractivity contribution in [3.05, 3.63) is 29.6 Å². The van der Waals surface area contributed by atoms with Gasteiger partial charge in [0.25, 0.3) is 5.91 Å². The minimum absolute atomic E-state index is 0.0185. The molecule has 0 saturated carbocycles. The van der Waals surface area contributed by atoms with E-state index in [1.165, 1.54) is 12.1 Å². The maximum Gasteiger partial charge on any atom is 0.338 e. The summed E-state index contributed by atoms with van der Waals surface area (Å²) in [7, 11) is 0. The van der Waals surface area contributed by atoms with Crippen molar-refractivity contribution in [3.63, 3.8) is 0 Å². The second kappa shape index (κ2) is 6.58. The quantitative estimate of drug-likeness (QED) is 0.608. The summed E-state index contributed by atoms with van der Waals surface area (Å²) in [5.74, 6) is -1.85. The molecule has 6 heteroatoms. The lowest BCUT2D eigenvalue weighted by Crippen LogP contribution is -2.29. The average molecular weight is 254 g/mol. The van der Waals surface area contributed by atoms with Gasteiger partial charge in [0, 0.05) is 6.54 Å². The van der Waals surface area contributed by atoms with Gasteiger partial charge in [-0.2, -0.15) is 0 Å². The van der Waals surface area contributed by atoms with Crippen LogP contribution >= 0.6 is 0 Å². The number of hydrogen-bond acceptors (Lipinski definition) is 4. The van der Waals surface area contributed by atoms with Crippen molar-refractivity contribution < 1.29 is 18.7 Å². The Bertz CT molecular complexity index is 449. The van der Waals surface area contributed by atoms with Crippen LogP contribution < -0.4 is 11.1 Å². The summed E-state index contributed by atoms with van der Waals surface area (Å²) in [4.78, 5) is 22.7. The molecule has 5 nitrogen and oxygen atoms in total. The van der Waals surface area contributed by atoms with Gasteiger partial charge < -0.3 is 15.8 Å². The van der Waals surface area contributed by atoms with Gasteiger partial charge in [-0.25, -0.2) is 9.18 Å². The van der Waals surface area contributed by atoms with Crippen LogP contribution in [0.2, 0.25) is 0 Å². The van der Waals surface area contributed by atoms with Crippen molar-refractivity contribution in [1.82, 2.24) is 5.32 Å². The molecule has 18 heavy (non-hydrogen) atoms. The minimum atomic E-state index is -0.763. The molecule has 1 amide bonds. The lowest BCUT2D eigenvalue weighted by Gasteiger charge is -2.06. The van der Waals surface area contributed by atoms with Crippen LogP contribution in [0.15, 0.2) is 18.2 Å². The molecule has 0 saturated heterocycles. The highest BCUT2D eigenvalue weighted by molar-refractivity contribution is 5.91. The molecule has 0 aliphatic heterocycles. The maximum atomic E-state index is 13.1. The lowest BCUT2D eigenvalue weighted by molar-refractivity contribution is -0.124. The molecular formula is C12H15FN2O3. The summed E-state index contributed by atoms with van der Waals surface area (Å²) >= 11 is 0. The van der Waals surface area contributed by atoms with Gasteiger partial charge in [-0.1, -0.05) is 6.92 Å². The smallest absolute Gasteiger partial charge is 0.338 e. The van der Waals surface area contributed by atoms with Gasteiger partial charge in [0.15, 0.2) is 6.61 Å². The number of carbonyl (C=O) groups is 2. The molecule has 1 aromatic carbocycles. The van der Waals surface area contributed by atoms with E-state index in [0.29, 0.717) is 6.54 Å². The molecule has 0 atom stereocenters. The molecule has 0 bridgehead atoms. The Hall–Kier alpha value is -2.11. The third-order valence-electron chi connectivity index (χ3n) is 2.14. The van der Waals surface area contributed by atoms with Crippen molar-refractivity contribution in [3.8, 4) is 0 Å². The Morgan fingerprint density at radius 2 is 2.17 bits per heavy atom. The normalized spacial score (nSPS) is 9.89. The maximum absolute atomic E-state index is 13.1. The Morgan fingerprint density at radius 1 is 1.44 bits per heavy atom. The zero-order valence-corrected chi connectivity index (χ0v) is 10.0. The number of anilines is 1. The molecule has 0 radical (unpaired) electrons. The van der Waals surface area contributed by atoms with Gasteiger partial charge in [-0.15, -0.1) is 0 Å². The Labute approximate surface area is 104 Å². The predicted molar refractivity (Wildman–Crippen MR) is 64.4 cm³/mol. The third-order valence-corrected chi connectivity index (χ3v) is 2.14. The third kappa shape index (κ3) is 4.04. The number of nitrogen functional groups attached to an aromatic ring is 1. The summed E-state index contributed by atoms with van der Waals surface area (Å²) in [5.41, 5.74) is 5.24. The van der Waals surface area contributed by atoms with Crippen molar-refractivity contribution in [2.75, 3.05) is 18.9 Å². The highest BCUT2D eigenvalue weighted by atomic mass is 19.1. The van der Waals surface area contributed by atoms with E-state index in [1.54, 1.807) is 0 Å². The first-order valence-electron chi connectivity index (χ1n) is 5.53. The first-order chi connectivity index (χ1) is 8.54. The SMILES string of the molecule is CCCNC(=O)COC(=O)c1ccc(N)c(F)c1. The first kappa shape index (κ1) is 14.0. The minimum Gasteiger partial charge on any atom is -0.452 e.